The molecule has 152 valence electrons. The maximum absolute atomic E-state index is 12.4. The maximum Gasteiger partial charge on any atom is 0.319 e. The van der Waals surface area contributed by atoms with Crippen molar-refractivity contribution in [1.82, 2.24) is 10.2 Å². The van der Waals surface area contributed by atoms with Gasteiger partial charge in [0.15, 0.2) is 6.61 Å². The Morgan fingerprint density at radius 2 is 1.90 bits per heavy atom. The van der Waals surface area contributed by atoms with E-state index in [1.807, 2.05) is 24.3 Å². The van der Waals surface area contributed by atoms with Crippen LogP contribution in [0.15, 0.2) is 48.5 Å². The Hall–Kier alpha value is -3.24. The highest BCUT2D eigenvalue weighted by Crippen LogP contribution is 2.31. The minimum absolute atomic E-state index is 0.00585. The van der Waals surface area contributed by atoms with Crippen LogP contribution in [0, 0.1) is 11.3 Å². The summed E-state index contributed by atoms with van der Waals surface area (Å²) in [7, 11) is 1.67. The molecule has 1 unspecified atom stereocenters. The van der Waals surface area contributed by atoms with Crippen molar-refractivity contribution >= 4 is 11.7 Å². The molecular formula is C22H26N4O3. The van der Waals surface area contributed by atoms with Crippen molar-refractivity contribution in [2.24, 2.45) is 0 Å². The lowest BCUT2D eigenvalue weighted by Gasteiger charge is -2.29. The first-order valence-electron chi connectivity index (χ1n) is 9.73. The summed E-state index contributed by atoms with van der Waals surface area (Å²) in [6, 6.07) is 16.6. The molecule has 1 aliphatic heterocycles. The molecule has 7 nitrogen and oxygen atoms in total. The molecule has 0 aliphatic carbocycles. The summed E-state index contributed by atoms with van der Waals surface area (Å²) >= 11 is 0. The number of nitriles is 1. The number of rotatable bonds is 8. The van der Waals surface area contributed by atoms with Crippen molar-refractivity contribution in [2.45, 2.75) is 18.9 Å². The van der Waals surface area contributed by atoms with E-state index >= 15 is 0 Å². The molecule has 29 heavy (non-hydrogen) atoms. The first-order chi connectivity index (χ1) is 14.2. The van der Waals surface area contributed by atoms with Crippen molar-refractivity contribution in [3.05, 3.63) is 54.1 Å². The summed E-state index contributed by atoms with van der Waals surface area (Å²) < 4.78 is 10.8. The molecule has 0 aromatic heterocycles. The van der Waals surface area contributed by atoms with E-state index < -0.39 is 0 Å². The standard InChI is InChI=1S/C22H26N4O3/c1-28-21-7-3-2-6-19(21)20(26-13-4-5-14-26)16-24-22(27)25-17-8-10-18(11-9-17)29-15-12-23/h2-3,6-11,20H,4-5,13-16H2,1H3,(H2,24,25,27). The van der Waals surface area contributed by atoms with E-state index in [2.05, 4.69) is 21.6 Å². The average molecular weight is 394 g/mol. The Balaban J connectivity index is 1.61. The summed E-state index contributed by atoms with van der Waals surface area (Å²) in [5.41, 5.74) is 1.73. The van der Waals surface area contributed by atoms with Crippen LogP contribution < -0.4 is 20.1 Å². The summed E-state index contributed by atoms with van der Waals surface area (Å²) in [5.74, 6) is 1.42. The summed E-state index contributed by atoms with van der Waals surface area (Å²) in [6.45, 7) is 2.50. The number of para-hydroxylation sites is 1. The van der Waals surface area contributed by atoms with Crippen LogP contribution in [0.25, 0.3) is 0 Å². The van der Waals surface area contributed by atoms with Crippen molar-refractivity contribution in [1.29, 1.82) is 5.26 Å². The number of anilines is 1. The van der Waals surface area contributed by atoms with Gasteiger partial charge in [0.1, 0.15) is 17.6 Å². The number of hydrogen-bond acceptors (Lipinski definition) is 5. The second-order valence-corrected chi connectivity index (χ2v) is 6.81. The lowest BCUT2D eigenvalue weighted by Crippen LogP contribution is -2.38. The fraction of sp³-hybridized carbons (Fsp3) is 0.364. The van der Waals surface area contributed by atoms with Crippen LogP contribution in [0.1, 0.15) is 24.4 Å². The largest absolute Gasteiger partial charge is 0.496 e. The highest BCUT2D eigenvalue weighted by Gasteiger charge is 2.26. The highest BCUT2D eigenvalue weighted by atomic mass is 16.5. The number of hydrogen-bond donors (Lipinski definition) is 2. The molecule has 1 fully saturated rings. The Bertz CT molecular complexity index is 842. The van der Waals surface area contributed by atoms with Crippen molar-refractivity contribution in [3.8, 4) is 17.6 Å². The van der Waals surface area contributed by atoms with E-state index in [4.69, 9.17) is 14.7 Å². The van der Waals surface area contributed by atoms with Crippen LogP contribution in [0.2, 0.25) is 0 Å². The highest BCUT2D eigenvalue weighted by molar-refractivity contribution is 5.89. The Morgan fingerprint density at radius 1 is 1.17 bits per heavy atom. The number of methoxy groups -OCH3 is 1. The summed E-state index contributed by atoms with van der Waals surface area (Å²) in [4.78, 5) is 14.8. The first-order valence-corrected chi connectivity index (χ1v) is 9.73. The number of nitrogens with one attached hydrogen (secondary N) is 2. The average Bonchev–Trinajstić information content (AvgIpc) is 3.28. The van der Waals surface area contributed by atoms with E-state index in [-0.39, 0.29) is 18.7 Å². The third-order valence-electron chi connectivity index (χ3n) is 4.95. The minimum atomic E-state index is -0.269. The molecular weight excluding hydrogens is 368 g/mol. The third kappa shape index (κ3) is 5.62. The quantitative estimate of drug-likeness (QED) is 0.715. The van der Waals surface area contributed by atoms with Crippen molar-refractivity contribution < 1.29 is 14.3 Å². The first kappa shape index (κ1) is 20.5. The van der Waals surface area contributed by atoms with E-state index in [1.54, 1.807) is 31.4 Å². The molecule has 2 N–H and O–H groups in total. The lowest BCUT2D eigenvalue weighted by molar-refractivity contribution is 0.224. The number of likely N-dealkylation sites (tertiary alicyclic amines) is 1. The van der Waals surface area contributed by atoms with Gasteiger partial charge in [-0.2, -0.15) is 5.26 Å². The van der Waals surface area contributed by atoms with Crippen LogP contribution >= 0.6 is 0 Å². The number of benzene rings is 2. The molecule has 0 saturated carbocycles. The van der Waals surface area contributed by atoms with Crippen molar-refractivity contribution in [2.75, 3.05) is 38.7 Å². The maximum atomic E-state index is 12.4. The smallest absolute Gasteiger partial charge is 0.319 e. The zero-order valence-corrected chi connectivity index (χ0v) is 16.6. The number of urea groups is 1. The van der Waals surface area contributed by atoms with Gasteiger partial charge in [0.05, 0.1) is 13.2 Å². The molecule has 2 aromatic rings. The Labute approximate surface area is 171 Å². The zero-order chi connectivity index (χ0) is 20.5. The Morgan fingerprint density at radius 3 is 2.59 bits per heavy atom. The molecule has 0 spiro atoms. The number of ether oxygens (including phenoxy) is 2. The molecule has 1 atom stereocenters. The van der Waals surface area contributed by atoms with E-state index in [9.17, 15) is 4.79 Å². The lowest BCUT2D eigenvalue weighted by atomic mass is 10.0. The zero-order valence-electron chi connectivity index (χ0n) is 16.6. The fourth-order valence-corrected chi connectivity index (χ4v) is 3.55. The molecule has 2 aromatic carbocycles. The molecule has 3 rings (SSSR count). The predicted molar refractivity (Wildman–Crippen MR) is 111 cm³/mol. The van der Waals surface area contributed by atoms with Gasteiger partial charge in [0, 0.05) is 17.8 Å². The van der Waals surface area contributed by atoms with Gasteiger partial charge in [0.25, 0.3) is 0 Å². The van der Waals surface area contributed by atoms with Gasteiger partial charge in [0.2, 0.25) is 0 Å². The molecule has 0 radical (unpaired) electrons. The number of carbonyl (C=O) groups is 1. The molecule has 7 heteroatoms. The SMILES string of the molecule is COc1ccccc1C(CNC(=O)Nc1ccc(OCC#N)cc1)N1CCCC1. The van der Waals surface area contributed by atoms with Crippen LogP contribution in [-0.4, -0.2) is 44.3 Å². The van der Waals surface area contributed by atoms with Crippen LogP contribution in [-0.2, 0) is 0 Å². The van der Waals surface area contributed by atoms with Crippen molar-refractivity contribution in [3.63, 3.8) is 0 Å². The van der Waals surface area contributed by atoms with Gasteiger partial charge in [-0.15, -0.1) is 0 Å². The number of amides is 2. The molecule has 2 amide bonds. The molecule has 1 saturated heterocycles. The van der Waals surface area contributed by atoms with E-state index in [1.165, 1.54) is 0 Å². The number of carbonyl (C=O) groups excluding carboxylic acids is 1. The van der Waals surface area contributed by atoms with Gasteiger partial charge in [-0.05, 0) is 56.3 Å². The van der Waals surface area contributed by atoms with Crippen LogP contribution in [0.5, 0.6) is 11.5 Å². The summed E-state index contributed by atoms with van der Waals surface area (Å²) in [6.07, 6.45) is 2.33. The van der Waals surface area contributed by atoms with Gasteiger partial charge in [-0.25, -0.2) is 4.79 Å². The van der Waals surface area contributed by atoms with Gasteiger partial charge < -0.3 is 20.1 Å². The fourth-order valence-electron chi connectivity index (χ4n) is 3.55. The predicted octanol–water partition coefficient (Wildman–Crippen LogP) is 3.56. The van der Waals surface area contributed by atoms with Gasteiger partial charge in [-0.3, -0.25) is 4.90 Å². The van der Waals surface area contributed by atoms with Gasteiger partial charge >= 0.3 is 6.03 Å². The summed E-state index contributed by atoms with van der Waals surface area (Å²) in [5, 5.41) is 14.4. The Kier molecular flexibility index (Phi) is 7.31. The van der Waals surface area contributed by atoms with Crippen LogP contribution in [0.3, 0.4) is 0 Å². The molecule has 1 aliphatic rings. The second-order valence-electron chi connectivity index (χ2n) is 6.81. The van der Waals surface area contributed by atoms with E-state index in [0.717, 1.165) is 37.2 Å². The topological polar surface area (TPSA) is 86.6 Å². The van der Waals surface area contributed by atoms with Crippen LogP contribution in [0.4, 0.5) is 10.5 Å². The van der Waals surface area contributed by atoms with Gasteiger partial charge in [-0.1, -0.05) is 18.2 Å². The molecule has 1 heterocycles. The third-order valence-corrected chi connectivity index (χ3v) is 4.95. The second kappa shape index (κ2) is 10.3. The number of nitrogens with zero attached hydrogens (tertiary/aromatic N) is 2. The normalized spacial score (nSPS) is 14.6. The van der Waals surface area contributed by atoms with E-state index in [0.29, 0.717) is 18.0 Å². The monoisotopic (exact) mass is 394 g/mol. The molecule has 0 bridgehead atoms. The minimum Gasteiger partial charge on any atom is -0.496 e.